The molecular formula is C30H44N2O5. The Hall–Kier alpha value is -2.78. The van der Waals surface area contributed by atoms with E-state index in [0.29, 0.717) is 29.2 Å². The third kappa shape index (κ3) is 10.6. The van der Waals surface area contributed by atoms with Crippen LogP contribution in [0.5, 0.6) is 5.75 Å². The maximum Gasteiger partial charge on any atom is 0.137 e. The van der Waals surface area contributed by atoms with Crippen LogP contribution >= 0.6 is 0 Å². The van der Waals surface area contributed by atoms with Gasteiger partial charge in [0.2, 0.25) is 0 Å². The van der Waals surface area contributed by atoms with E-state index in [9.17, 15) is 15.2 Å². The molecule has 1 aliphatic heterocycles. The molecule has 7 nitrogen and oxygen atoms in total. The van der Waals surface area contributed by atoms with Gasteiger partial charge in [-0.05, 0) is 38.5 Å². The molecule has 0 saturated heterocycles. The predicted octanol–water partition coefficient (Wildman–Crippen LogP) is 5.90. The molecule has 7 heteroatoms. The number of nitrogens with one attached hydrogen (secondary N) is 1. The fraction of sp³-hybridized carbons (Fsp3) is 0.633. The quantitative estimate of drug-likeness (QED) is 0.143. The summed E-state index contributed by atoms with van der Waals surface area (Å²) in [7, 11) is 0. The Labute approximate surface area is 222 Å². The highest BCUT2D eigenvalue weighted by Gasteiger charge is 2.42. The zero-order valence-electron chi connectivity index (χ0n) is 22.8. The number of nitriles is 1. The normalized spacial score (nSPS) is 18.2. The molecule has 2 atom stereocenters. The van der Waals surface area contributed by atoms with E-state index in [2.05, 4.69) is 18.3 Å². The van der Waals surface area contributed by atoms with Crippen molar-refractivity contribution >= 4 is 5.94 Å². The van der Waals surface area contributed by atoms with Crippen molar-refractivity contribution < 1.29 is 24.1 Å². The first kappa shape index (κ1) is 30.4. The molecule has 2 rings (SSSR count). The Kier molecular flexibility index (Phi) is 13.9. The number of fused-ring (bicyclic) bond motifs is 1. The summed E-state index contributed by atoms with van der Waals surface area (Å²) in [5, 5.41) is 23.6. The number of ether oxygens (including phenoxy) is 3. The maximum absolute atomic E-state index is 11.0. The van der Waals surface area contributed by atoms with E-state index in [1.807, 2.05) is 13.8 Å². The third-order valence-corrected chi connectivity index (χ3v) is 6.61. The number of benzene rings is 1. The fourth-order valence-electron chi connectivity index (χ4n) is 4.40. The van der Waals surface area contributed by atoms with Crippen LogP contribution < -0.4 is 10.1 Å². The molecule has 0 fully saturated rings. The molecule has 0 aliphatic carbocycles. The maximum atomic E-state index is 11.0. The van der Waals surface area contributed by atoms with Crippen LogP contribution in [0.1, 0.15) is 102 Å². The molecule has 0 radical (unpaired) electrons. The third-order valence-electron chi connectivity index (χ3n) is 6.61. The van der Waals surface area contributed by atoms with Gasteiger partial charge in [0.25, 0.3) is 0 Å². The lowest BCUT2D eigenvalue weighted by atomic mass is 9.86. The van der Waals surface area contributed by atoms with Crippen LogP contribution in [0.25, 0.3) is 0 Å². The lowest BCUT2D eigenvalue weighted by Gasteiger charge is -2.42. The molecule has 0 bridgehead atoms. The van der Waals surface area contributed by atoms with Crippen molar-refractivity contribution in [3.63, 3.8) is 0 Å². The van der Waals surface area contributed by atoms with Crippen LogP contribution in [0.2, 0.25) is 0 Å². The largest absolute Gasteiger partial charge is 0.494 e. The first-order chi connectivity index (χ1) is 17.9. The average molecular weight is 513 g/mol. The number of hydrogen-bond acceptors (Lipinski definition) is 7. The monoisotopic (exact) mass is 512 g/mol. The molecule has 1 aromatic rings. The molecule has 37 heavy (non-hydrogen) atoms. The molecule has 0 spiro atoms. The lowest BCUT2D eigenvalue weighted by Crippen LogP contribution is -2.51. The van der Waals surface area contributed by atoms with Crippen molar-refractivity contribution in [3.8, 4) is 11.8 Å². The van der Waals surface area contributed by atoms with Gasteiger partial charge >= 0.3 is 0 Å². The Morgan fingerprint density at radius 3 is 2.46 bits per heavy atom. The van der Waals surface area contributed by atoms with Crippen LogP contribution in [0.3, 0.4) is 0 Å². The minimum atomic E-state index is -0.868. The van der Waals surface area contributed by atoms with Crippen LogP contribution in [0.15, 0.2) is 36.2 Å². The van der Waals surface area contributed by atoms with Crippen molar-refractivity contribution in [3.05, 3.63) is 47.4 Å². The van der Waals surface area contributed by atoms with E-state index in [1.165, 1.54) is 57.4 Å². The van der Waals surface area contributed by atoms with Gasteiger partial charge < -0.3 is 24.6 Å². The molecule has 1 heterocycles. The second-order valence-corrected chi connectivity index (χ2v) is 10.1. The molecule has 0 amide bonds. The van der Waals surface area contributed by atoms with E-state index < -0.39 is 17.7 Å². The van der Waals surface area contributed by atoms with Gasteiger partial charge in [0, 0.05) is 17.8 Å². The van der Waals surface area contributed by atoms with Gasteiger partial charge in [-0.2, -0.15) is 5.26 Å². The molecular weight excluding hydrogens is 468 g/mol. The number of rotatable bonds is 18. The standard InChI is InChI=1S/C30H44N2O5/c1-4-5-6-7-8-9-10-11-12-13-19-36-25(23-35-18-14-17-33)22-32-28-26-20-24(21-31)15-16-27(26)37-30(2,3)29(28)34/h14-16,20,22,28-29,32,34H,4-13,18-19,23H2,1-3H3/t28-,29+/m1/s1. The van der Waals surface area contributed by atoms with E-state index in [1.54, 1.807) is 30.3 Å². The number of unbranched alkanes of at least 4 members (excludes halogenated alkanes) is 9. The topological polar surface area (TPSA) is 101 Å². The van der Waals surface area contributed by atoms with Crippen molar-refractivity contribution in [1.29, 1.82) is 5.26 Å². The Morgan fingerprint density at radius 1 is 1.14 bits per heavy atom. The number of carbonyl (C=O) groups excluding carboxylic acids is 1. The molecule has 1 aromatic carbocycles. The van der Waals surface area contributed by atoms with Crippen LogP contribution in [-0.4, -0.2) is 42.6 Å². The second kappa shape index (κ2) is 16.9. The fourth-order valence-corrected chi connectivity index (χ4v) is 4.40. The predicted molar refractivity (Wildman–Crippen MR) is 145 cm³/mol. The molecule has 204 valence electrons. The van der Waals surface area contributed by atoms with Gasteiger partial charge in [-0.25, -0.2) is 4.79 Å². The second-order valence-electron chi connectivity index (χ2n) is 10.1. The van der Waals surface area contributed by atoms with Gasteiger partial charge in [-0.15, -0.1) is 0 Å². The summed E-state index contributed by atoms with van der Waals surface area (Å²) in [6.07, 6.45) is 14.6. The summed E-state index contributed by atoms with van der Waals surface area (Å²) in [4.78, 5) is 10.5. The Balaban J connectivity index is 1.93. The zero-order chi connectivity index (χ0) is 26.9. The van der Waals surface area contributed by atoms with Crippen molar-refractivity contribution in [1.82, 2.24) is 5.32 Å². The number of aliphatic hydroxyl groups is 1. The molecule has 0 unspecified atom stereocenters. The van der Waals surface area contributed by atoms with Gasteiger partial charge in [-0.3, -0.25) is 0 Å². The summed E-state index contributed by atoms with van der Waals surface area (Å²) >= 11 is 0. The summed E-state index contributed by atoms with van der Waals surface area (Å²) in [5.74, 6) is 2.90. The molecule has 2 N–H and O–H groups in total. The SMILES string of the molecule is CCCCCCCCCCCCOC(=CN[C@@H]1c2cc(C#N)ccc2OC(C)(C)[C@H]1O)COCC=C=O. The first-order valence-corrected chi connectivity index (χ1v) is 13.7. The number of hydrogen-bond donors (Lipinski definition) is 2. The molecule has 0 aromatic heterocycles. The summed E-state index contributed by atoms with van der Waals surface area (Å²) in [5.41, 5.74) is 0.377. The summed E-state index contributed by atoms with van der Waals surface area (Å²) in [6.45, 7) is 6.78. The van der Waals surface area contributed by atoms with Gasteiger partial charge in [-0.1, -0.05) is 64.7 Å². The van der Waals surface area contributed by atoms with Crippen molar-refractivity contribution in [2.24, 2.45) is 0 Å². The number of nitrogens with zero attached hydrogens (tertiary/aromatic N) is 1. The Bertz CT molecular complexity index is 930. The highest BCUT2D eigenvalue weighted by Crippen LogP contribution is 2.40. The van der Waals surface area contributed by atoms with Crippen LogP contribution in [0.4, 0.5) is 0 Å². The van der Waals surface area contributed by atoms with Crippen LogP contribution in [0, 0.1) is 11.3 Å². The van der Waals surface area contributed by atoms with Crippen LogP contribution in [-0.2, 0) is 14.3 Å². The van der Waals surface area contributed by atoms with Gasteiger partial charge in [0.15, 0.2) is 0 Å². The Morgan fingerprint density at radius 2 is 1.81 bits per heavy atom. The van der Waals surface area contributed by atoms with E-state index in [0.717, 1.165) is 12.8 Å². The highest BCUT2D eigenvalue weighted by atomic mass is 16.5. The zero-order valence-corrected chi connectivity index (χ0v) is 22.8. The first-order valence-electron chi connectivity index (χ1n) is 13.7. The molecule has 1 aliphatic rings. The average Bonchev–Trinajstić information content (AvgIpc) is 2.89. The van der Waals surface area contributed by atoms with Crippen molar-refractivity contribution in [2.75, 3.05) is 19.8 Å². The summed E-state index contributed by atoms with van der Waals surface area (Å²) < 4.78 is 17.5. The minimum absolute atomic E-state index is 0.143. The van der Waals surface area contributed by atoms with Crippen molar-refractivity contribution in [2.45, 2.75) is 103 Å². The van der Waals surface area contributed by atoms with Gasteiger partial charge in [0.05, 0.1) is 30.9 Å². The number of aliphatic hydroxyl groups excluding tert-OH is 1. The lowest BCUT2D eigenvalue weighted by molar-refractivity contribution is -0.0623. The van der Waals surface area contributed by atoms with E-state index in [4.69, 9.17) is 14.2 Å². The van der Waals surface area contributed by atoms with Gasteiger partial charge in [0.1, 0.15) is 35.8 Å². The smallest absolute Gasteiger partial charge is 0.137 e. The highest BCUT2D eigenvalue weighted by molar-refractivity contribution is 5.46. The minimum Gasteiger partial charge on any atom is -0.494 e. The van der Waals surface area contributed by atoms with E-state index >= 15 is 0 Å². The van der Waals surface area contributed by atoms with E-state index in [-0.39, 0.29) is 13.2 Å². The molecule has 0 saturated carbocycles. The summed E-state index contributed by atoms with van der Waals surface area (Å²) in [6, 6.07) is 6.84.